The molecule has 0 aliphatic heterocycles. The first-order valence-electron chi connectivity index (χ1n) is 15.0. The maximum absolute atomic E-state index is 4.47. The van der Waals surface area contributed by atoms with Crippen LogP contribution in [0.15, 0.2) is 158 Å². The van der Waals surface area contributed by atoms with Gasteiger partial charge in [0.1, 0.15) is 0 Å². The number of benzene rings is 5. The third-order valence-electron chi connectivity index (χ3n) is 8.46. The van der Waals surface area contributed by atoms with Crippen molar-refractivity contribution in [2.45, 2.75) is 12.8 Å². The fourth-order valence-corrected chi connectivity index (χ4v) is 6.55. The molecule has 44 heavy (non-hydrogen) atoms. The van der Waals surface area contributed by atoms with Crippen molar-refractivity contribution in [1.82, 2.24) is 9.97 Å². The molecule has 5 aromatic carbocycles. The number of pyridine rings is 2. The summed E-state index contributed by atoms with van der Waals surface area (Å²) in [5.41, 5.74) is 12.0. The van der Waals surface area contributed by atoms with E-state index in [1.54, 1.807) is 0 Å². The van der Waals surface area contributed by atoms with Gasteiger partial charge in [-0.15, -0.1) is 0 Å². The first-order chi connectivity index (χ1) is 21.8. The molecular formula is C40H30N4. The van der Waals surface area contributed by atoms with Gasteiger partial charge in [-0.05, 0) is 107 Å². The normalized spacial score (nSPS) is 11.9. The minimum atomic E-state index is 0.970. The van der Waals surface area contributed by atoms with E-state index in [1.165, 1.54) is 38.7 Å². The fourth-order valence-electron chi connectivity index (χ4n) is 6.55. The number of fused-ring (bicyclic) bond motifs is 5. The minimum Gasteiger partial charge on any atom is -0.309 e. The number of anilines is 6. The van der Waals surface area contributed by atoms with Crippen molar-refractivity contribution in [1.29, 1.82) is 0 Å². The van der Waals surface area contributed by atoms with Gasteiger partial charge in [0, 0.05) is 34.8 Å². The van der Waals surface area contributed by atoms with Crippen LogP contribution in [0.25, 0.3) is 21.9 Å². The minimum absolute atomic E-state index is 0.970. The lowest BCUT2D eigenvalue weighted by molar-refractivity contribution is 0.943. The van der Waals surface area contributed by atoms with Crippen LogP contribution in [0.5, 0.6) is 0 Å². The molecule has 2 aromatic heterocycles. The number of nitrogens with zero attached hydrogens (tertiary/aromatic N) is 4. The zero-order valence-electron chi connectivity index (χ0n) is 24.2. The number of hydrogen-bond donors (Lipinski definition) is 0. The van der Waals surface area contributed by atoms with Gasteiger partial charge in [0.15, 0.2) is 0 Å². The van der Waals surface area contributed by atoms with Crippen LogP contribution in [0.2, 0.25) is 0 Å². The SMILES string of the molecule is c1ccc(N(c2cccnc2)c2ccc3c(c2)CCc2cc(N(c4ccccc4)c4cccnc4)c4ccccc4c2-3)cc1. The Kier molecular flexibility index (Phi) is 6.58. The Bertz CT molecular complexity index is 1980. The summed E-state index contributed by atoms with van der Waals surface area (Å²) in [6.07, 6.45) is 9.47. The van der Waals surface area contributed by atoms with E-state index < -0.39 is 0 Å². The molecule has 210 valence electrons. The zero-order valence-corrected chi connectivity index (χ0v) is 24.2. The molecule has 7 aromatic rings. The highest BCUT2D eigenvalue weighted by Crippen LogP contribution is 2.47. The van der Waals surface area contributed by atoms with E-state index in [1.807, 2.05) is 36.9 Å². The van der Waals surface area contributed by atoms with Crippen LogP contribution in [0, 0.1) is 0 Å². The third kappa shape index (κ3) is 4.58. The Morgan fingerprint density at radius 1 is 0.432 bits per heavy atom. The van der Waals surface area contributed by atoms with E-state index in [2.05, 4.69) is 141 Å². The third-order valence-corrected chi connectivity index (χ3v) is 8.46. The van der Waals surface area contributed by atoms with Crippen molar-refractivity contribution in [3.05, 3.63) is 169 Å². The second-order valence-electron chi connectivity index (χ2n) is 11.1. The van der Waals surface area contributed by atoms with Crippen molar-refractivity contribution in [3.8, 4) is 11.1 Å². The quantitative estimate of drug-likeness (QED) is 0.200. The van der Waals surface area contributed by atoms with Gasteiger partial charge in [0.2, 0.25) is 0 Å². The monoisotopic (exact) mass is 566 g/mol. The van der Waals surface area contributed by atoms with Crippen molar-refractivity contribution >= 4 is 44.9 Å². The molecule has 0 amide bonds. The number of para-hydroxylation sites is 2. The summed E-state index contributed by atoms with van der Waals surface area (Å²) in [5.74, 6) is 0. The summed E-state index contributed by atoms with van der Waals surface area (Å²) in [6, 6.07) is 47.5. The molecule has 1 aliphatic carbocycles. The number of hydrogen-bond acceptors (Lipinski definition) is 4. The Labute approximate surface area is 257 Å². The molecule has 0 radical (unpaired) electrons. The maximum atomic E-state index is 4.47. The summed E-state index contributed by atoms with van der Waals surface area (Å²) >= 11 is 0. The standard InChI is InChI=1S/C40H30N4/c1-3-11-31(12-4-1)43(34-15-9-23-41-27-34)33-21-22-36-29(25-33)19-20-30-26-39(37-17-7-8-18-38(37)40(30)36)44(32-13-5-2-6-14-32)35-16-10-24-42-28-35/h1-18,21-28H,19-20H2. The summed E-state index contributed by atoms with van der Waals surface area (Å²) in [7, 11) is 0. The molecule has 0 spiro atoms. The molecule has 4 nitrogen and oxygen atoms in total. The molecule has 0 saturated carbocycles. The van der Waals surface area contributed by atoms with Crippen LogP contribution >= 0.6 is 0 Å². The van der Waals surface area contributed by atoms with E-state index in [-0.39, 0.29) is 0 Å². The predicted octanol–water partition coefficient (Wildman–Crippen LogP) is 10.3. The zero-order chi connectivity index (χ0) is 29.3. The fraction of sp³-hybridized carbons (Fsp3) is 0.0500. The lowest BCUT2D eigenvalue weighted by Crippen LogP contribution is -2.14. The molecule has 0 atom stereocenters. The summed E-state index contributed by atoms with van der Waals surface area (Å²) < 4.78 is 0. The van der Waals surface area contributed by atoms with E-state index >= 15 is 0 Å². The maximum Gasteiger partial charge on any atom is 0.0645 e. The van der Waals surface area contributed by atoms with E-state index in [0.29, 0.717) is 0 Å². The number of rotatable bonds is 6. The van der Waals surface area contributed by atoms with Crippen LogP contribution in [-0.2, 0) is 12.8 Å². The molecule has 0 saturated heterocycles. The van der Waals surface area contributed by atoms with Crippen molar-refractivity contribution < 1.29 is 0 Å². The summed E-state index contributed by atoms with van der Waals surface area (Å²) in [4.78, 5) is 13.5. The molecule has 0 unspecified atom stereocenters. The van der Waals surface area contributed by atoms with Gasteiger partial charge in [-0.1, -0.05) is 66.7 Å². The van der Waals surface area contributed by atoms with Gasteiger partial charge in [-0.25, -0.2) is 0 Å². The smallest absolute Gasteiger partial charge is 0.0645 e. The molecule has 1 aliphatic rings. The van der Waals surface area contributed by atoms with Crippen molar-refractivity contribution in [2.24, 2.45) is 0 Å². The first-order valence-corrected chi connectivity index (χ1v) is 15.0. The molecule has 8 rings (SSSR count). The van der Waals surface area contributed by atoms with Gasteiger partial charge in [-0.2, -0.15) is 0 Å². The Balaban J connectivity index is 1.30. The molecule has 0 N–H and O–H groups in total. The molecule has 0 fully saturated rings. The largest absolute Gasteiger partial charge is 0.309 e. The van der Waals surface area contributed by atoms with Gasteiger partial charge < -0.3 is 9.80 Å². The predicted molar refractivity (Wildman–Crippen MR) is 182 cm³/mol. The summed E-state index contributed by atoms with van der Waals surface area (Å²) in [6.45, 7) is 0. The van der Waals surface area contributed by atoms with Gasteiger partial charge in [0.05, 0.1) is 29.5 Å². The topological polar surface area (TPSA) is 32.3 Å². The molecule has 0 bridgehead atoms. The van der Waals surface area contributed by atoms with Crippen LogP contribution in [0.4, 0.5) is 34.1 Å². The van der Waals surface area contributed by atoms with Crippen LogP contribution in [0.1, 0.15) is 11.1 Å². The van der Waals surface area contributed by atoms with Crippen molar-refractivity contribution in [2.75, 3.05) is 9.80 Å². The number of aromatic nitrogens is 2. The van der Waals surface area contributed by atoms with Gasteiger partial charge >= 0.3 is 0 Å². The Morgan fingerprint density at radius 2 is 1.00 bits per heavy atom. The van der Waals surface area contributed by atoms with E-state index in [4.69, 9.17) is 0 Å². The lowest BCUT2D eigenvalue weighted by Gasteiger charge is -2.31. The Hall–Kier alpha value is -5.74. The van der Waals surface area contributed by atoms with Crippen LogP contribution in [0.3, 0.4) is 0 Å². The number of aryl methyl sites for hydroxylation is 2. The van der Waals surface area contributed by atoms with Gasteiger partial charge in [-0.3, -0.25) is 9.97 Å². The highest BCUT2D eigenvalue weighted by atomic mass is 15.2. The first kappa shape index (κ1) is 25.9. The second-order valence-corrected chi connectivity index (χ2v) is 11.1. The highest BCUT2D eigenvalue weighted by molar-refractivity contribution is 6.08. The van der Waals surface area contributed by atoms with Crippen molar-refractivity contribution in [3.63, 3.8) is 0 Å². The highest BCUT2D eigenvalue weighted by Gasteiger charge is 2.25. The van der Waals surface area contributed by atoms with E-state index in [9.17, 15) is 0 Å². The molecule has 4 heteroatoms. The Morgan fingerprint density at radius 3 is 1.66 bits per heavy atom. The average molecular weight is 567 g/mol. The van der Waals surface area contributed by atoms with Gasteiger partial charge in [0.25, 0.3) is 0 Å². The lowest BCUT2D eigenvalue weighted by atomic mass is 9.81. The molecule has 2 heterocycles. The van der Waals surface area contributed by atoms with Crippen LogP contribution < -0.4 is 9.80 Å². The average Bonchev–Trinajstić information content (AvgIpc) is 3.10. The summed E-state index contributed by atoms with van der Waals surface area (Å²) in [5, 5.41) is 2.49. The van der Waals surface area contributed by atoms with E-state index in [0.717, 1.165) is 41.3 Å². The second kappa shape index (κ2) is 11.2. The van der Waals surface area contributed by atoms with Crippen LogP contribution in [-0.4, -0.2) is 9.97 Å². The molecular weight excluding hydrogens is 536 g/mol.